The van der Waals surface area contributed by atoms with Crippen LogP contribution in [0.2, 0.25) is 0 Å². The molecule has 2 heterocycles. The number of aliphatic hydroxyl groups excluding tert-OH is 8. The Morgan fingerprint density at radius 1 is 0.493 bits per heavy atom. The Hall–Kier alpha value is -2.57. The minimum atomic E-state index is -1.80. The van der Waals surface area contributed by atoms with E-state index < -0.39 is 86.8 Å². The Morgan fingerprint density at radius 2 is 0.920 bits per heavy atom. The van der Waals surface area contributed by atoms with Crippen LogP contribution in [-0.4, -0.2) is 140 Å². The lowest BCUT2D eigenvalue weighted by atomic mass is 9.97. The first kappa shape index (κ1) is 68.5. The fraction of sp³-hybridized carbons (Fsp3) is 0.787. The van der Waals surface area contributed by atoms with Gasteiger partial charge in [0.25, 0.3) is 0 Å². The van der Waals surface area contributed by atoms with Gasteiger partial charge in [0.15, 0.2) is 12.6 Å². The summed E-state index contributed by atoms with van der Waals surface area (Å²) in [7, 11) is 0. The van der Waals surface area contributed by atoms with E-state index in [4.69, 9.17) is 18.9 Å². The van der Waals surface area contributed by atoms with Crippen molar-refractivity contribution in [1.82, 2.24) is 5.32 Å². The van der Waals surface area contributed by atoms with Gasteiger partial charge >= 0.3 is 0 Å². The Kier molecular flexibility index (Phi) is 42.4. The Labute approximate surface area is 453 Å². The summed E-state index contributed by atoms with van der Waals surface area (Å²) >= 11 is 0. The molecule has 0 saturated carbocycles. The van der Waals surface area contributed by atoms with E-state index in [0.717, 1.165) is 51.4 Å². The first-order valence-electron chi connectivity index (χ1n) is 29.7. The average Bonchev–Trinajstić information content (AvgIpc) is 3.41. The number of ether oxygens (including phenoxy) is 4. The van der Waals surface area contributed by atoms with Gasteiger partial charge in [0.2, 0.25) is 5.91 Å². The summed E-state index contributed by atoms with van der Waals surface area (Å²) in [5.41, 5.74) is 0. The molecule has 0 aromatic carbocycles. The van der Waals surface area contributed by atoms with Crippen molar-refractivity contribution in [2.75, 3.05) is 19.8 Å². The van der Waals surface area contributed by atoms with Crippen LogP contribution in [0.25, 0.3) is 0 Å². The van der Waals surface area contributed by atoms with Crippen LogP contribution in [0.5, 0.6) is 0 Å². The van der Waals surface area contributed by atoms with Gasteiger partial charge in [-0.1, -0.05) is 222 Å². The maximum atomic E-state index is 13.2. The molecule has 12 atom stereocenters. The first-order valence-corrected chi connectivity index (χ1v) is 29.7. The standard InChI is InChI=1S/C61H107NO13/c1-3-5-7-9-11-13-15-17-19-21-22-23-24-25-26-27-29-30-32-34-36-38-40-42-44-50(65)49(62-53(66)45-43-41-39-37-35-33-31-28-20-18-16-14-12-10-8-6-4-2)48-72-60-58(71)56(69)59(52(47-64)74-60)75-61-57(70)55(68)54(67)51(46-63)73-61/h6,8,12,14,18,20,31,33,37,39,42,44,49-52,54-61,63-65,67-71H,3-5,7,9-11,13,15-17,19,21-30,32,34-36,38,40-41,43,45-48H2,1-2H3,(H,62,66)/b8-6-,14-12-,20-18-,33-31-,39-37-,44-42+. The Bertz CT molecular complexity index is 1530. The van der Waals surface area contributed by atoms with Crippen LogP contribution in [0.4, 0.5) is 0 Å². The summed E-state index contributed by atoms with van der Waals surface area (Å²) in [4.78, 5) is 13.2. The fourth-order valence-corrected chi connectivity index (χ4v) is 9.39. The van der Waals surface area contributed by atoms with E-state index in [1.165, 1.54) is 128 Å². The number of amides is 1. The van der Waals surface area contributed by atoms with Crippen LogP contribution >= 0.6 is 0 Å². The highest BCUT2D eigenvalue weighted by atomic mass is 16.7. The van der Waals surface area contributed by atoms with Crippen molar-refractivity contribution in [3.8, 4) is 0 Å². The molecule has 2 saturated heterocycles. The number of hydrogen-bond acceptors (Lipinski definition) is 13. The predicted octanol–water partition coefficient (Wildman–Crippen LogP) is 9.94. The molecule has 9 N–H and O–H groups in total. The highest BCUT2D eigenvalue weighted by Gasteiger charge is 2.51. The molecule has 75 heavy (non-hydrogen) atoms. The second-order valence-corrected chi connectivity index (χ2v) is 20.7. The zero-order chi connectivity index (χ0) is 54.6. The molecule has 2 aliphatic heterocycles. The highest BCUT2D eigenvalue weighted by molar-refractivity contribution is 5.76. The van der Waals surface area contributed by atoms with Crippen molar-refractivity contribution in [2.45, 2.75) is 286 Å². The van der Waals surface area contributed by atoms with E-state index in [2.05, 4.69) is 73.8 Å². The molecule has 2 aliphatic rings. The third kappa shape index (κ3) is 32.2. The van der Waals surface area contributed by atoms with Crippen molar-refractivity contribution in [3.63, 3.8) is 0 Å². The molecular formula is C61H107NO13. The summed E-state index contributed by atoms with van der Waals surface area (Å²) in [6, 6.07) is -0.949. The zero-order valence-electron chi connectivity index (χ0n) is 46.5. The maximum Gasteiger partial charge on any atom is 0.220 e. The number of carbonyl (C=O) groups is 1. The average molecular weight is 1060 g/mol. The number of hydrogen-bond donors (Lipinski definition) is 9. The maximum absolute atomic E-state index is 13.2. The van der Waals surface area contributed by atoms with E-state index in [1.807, 2.05) is 12.2 Å². The van der Waals surface area contributed by atoms with Crippen LogP contribution in [0.1, 0.15) is 213 Å². The number of rotatable bonds is 46. The summed E-state index contributed by atoms with van der Waals surface area (Å²) in [5, 5.41) is 87.0. The van der Waals surface area contributed by atoms with E-state index in [-0.39, 0.29) is 18.9 Å². The zero-order valence-corrected chi connectivity index (χ0v) is 46.5. The molecule has 14 heteroatoms. The van der Waals surface area contributed by atoms with Gasteiger partial charge in [0.1, 0.15) is 48.8 Å². The lowest BCUT2D eigenvalue weighted by Crippen LogP contribution is -2.65. The minimum Gasteiger partial charge on any atom is -0.394 e. The van der Waals surface area contributed by atoms with E-state index in [1.54, 1.807) is 6.08 Å². The summed E-state index contributed by atoms with van der Waals surface area (Å²) in [6.45, 7) is 2.65. The third-order valence-corrected chi connectivity index (χ3v) is 14.1. The van der Waals surface area contributed by atoms with Gasteiger partial charge in [-0.25, -0.2) is 0 Å². The summed E-state index contributed by atoms with van der Waals surface area (Å²) in [6.07, 6.45) is 43.8. The number of unbranched alkanes of at least 4 members (excludes halogenated alkanes) is 23. The summed E-state index contributed by atoms with van der Waals surface area (Å²) in [5.74, 6) is -0.297. The largest absolute Gasteiger partial charge is 0.394 e. The smallest absolute Gasteiger partial charge is 0.220 e. The van der Waals surface area contributed by atoms with Crippen LogP contribution in [0.15, 0.2) is 72.9 Å². The molecule has 14 nitrogen and oxygen atoms in total. The molecule has 0 radical (unpaired) electrons. The van der Waals surface area contributed by atoms with Gasteiger partial charge in [-0.3, -0.25) is 4.79 Å². The molecule has 434 valence electrons. The van der Waals surface area contributed by atoms with Crippen LogP contribution in [-0.2, 0) is 23.7 Å². The van der Waals surface area contributed by atoms with Crippen molar-refractivity contribution < 1.29 is 64.6 Å². The molecule has 1 amide bonds. The van der Waals surface area contributed by atoms with Gasteiger partial charge < -0.3 is 65.1 Å². The molecule has 0 aromatic rings. The predicted molar refractivity (Wildman–Crippen MR) is 300 cm³/mol. The van der Waals surface area contributed by atoms with Crippen molar-refractivity contribution in [3.05, 3.63) is 72.9 Å². The van der Waals surface area contributed by atoms with Crippen molar-refractivity contribution in [2.24, 2.45) is 0 Å². The fourth-order valence-electron chi connectivity index (χ4n) is 9.39. The van der Waals surface area contributed by atoms with Crippen molar-refractivity contribution in [1.29, 1.82) is 0 Å². The molecule has 0 bridgehead atoms. The van der Waals surface area contributed by atoms with E-state index in [9.17, 15) is 45.6 Å². The van der Waals surface area contributed by atoms with Gasteiger partial charge in [0.05, 0.1) is 32.0 Å². The van der Waals surface area contributed by atoms with Gasteiger partial charge in [-0.15, -0.1) is 0 Å². The lowest BCUT2D eigenvalue weighted by molar-refractivity contribution is -0.359. The van der Waals surface area contributed by atoms with Crippen LogP contribution in [0, 0.1) is 0 Å². The van der Waals surface area contributed by atoms with Gasteiger partial charge in [0, 0.05) is 6.42 Å². The van der Waals surface area contributed by atoms with Crippen LogP contribution < -0.4 is 5.32 Å². The topological polar surface area (TPSA) is 228 Å². The number of nitrogens with one attached hydrogen (secondary N) is 1. The van der Waals surface area contributed by atoms with Crippen LogP contribution in [0.3, 0.4) is 0 Å². The molecule has 0 aliphatic carbocycles. The monoisotopic (exact) mass is 1060 g/mol. The van der Waals surface area contributed by atoms with E-state index in [0.29, 0.717) is 12.8 Å². The van der Waals surface area contributed by atoms with Gasteiger partial charge in [-0.2, -0.15) is 0 Å². The highest BCUT2D eigenvalue weighted by Crippen LogP contribution is 2.30. The molecule has 0 aromatic heterocycles. The van der Waals surface area contributed by atoms with Crippen molar-refractivity contribution >= 4 is 5.91 Å². The number of aliphatic hydroxyl groups is 8. The minimum absolute atomic E-state index is 0.200. The van der Waals surface area contributed by atoms with Gasteiger partial charge in [-0.05, 0) is 57.8 Å². The first-order chi connectivity index (χ1) is 36.6. The second kappa shape index (κ2) is 46.4. The van der Waals surface area contributed by atoms with E-state index >= 15 is 0 Å². The molecule has 2 rings (SSSR count). The Balaban J connectivity index is 1.79. The number of carbonyl (C=O) groups excluding carboxylic acids is 1. The molecule has 2 fully saturated rings. The molecule has 12 unspecified atom stereocenters. The third-order valence-electron chi connectivity index (χ3n) is 14.1. The number of allylic oxidation sites excluding steroid dienone is 11. The summed E-state index contributed by atoms with van der Waals surface area (Å²) < 4.78 is 22.7. The molecular weight excluding hydrogens is 955 g/mol. The molecule has 0 spiro atoms. The lowest BCUT2D eigenvalue weighted by Gasteiger charge is -2.46. The SMILES string of the molecule is CC/C=C\C/C=C\C/C=C\C/C=C\C/C=C\CCCC(=O)NC(COC1OC(CO)C(OC2OC(CO)C(O)C(O)C2O)C(O)C1O)C(O)/C=C/CCCCCCCCCCCCCCCCCCCCCCCC. The quantitative estimate of drug-likeness (QED) is 0.0205. The second-order valence-electron chi connectivity index (χ2n) is 20.7. The Morgan fingerprint density at radius 3 is 1.40 bits per heavy atom. The normalized spacial score (nSPS) is 25.6.